The molecule has 0 saturated carbocycles. The van der Waals surface area contributed by atoms with Crippen molar-refractivity contribution in [3.8, 4) is 6.07 Å². The number of Topliss-reactive ketones (excluding diaryl/α,β-unsaturated/α-hetero) is 1. The van der Waals surface area contributed by atoms with Crippen LogP contribution in [0.3, 0.4) is 0 Å². The number of alkyl halides is 2. The van der Waals surface area contributed by atoms with E-state index in [4.69, 9.17) is 11.0 Å². The highest BCUT2D eigenvalue weighted by molar-refractivity contribution is 5.95. The smallest absolute Gasteiger partial charge is 0.278 e. The highest BCUT2D eigenvalue weighted by atomic mass is 19.3. The molecule has 1 aromatic heterocycles. The van der Waals surface area contributed by atoms with Crippen molar-refractivity contribution >= 4 is 17.5 Å². The number of nitrogens with zero attached hydrogens (tertiary/aromatic N) is 4. The van der Waals surface area contributed by atoms with Crippen LogP contribution >= 0.6 is 0 Å². The van der Waals surface area contributed by atoms with Crippen LogP contribution in [0.15, 0.2) is 29.6 Å². The maximum Gasteiger partial charge on any atom is 0.278 e. The summed E-state index contributed by atoms with van der Waals surface area (Å²) in [4.78, 5) is 32.5. The fourth-order valence-electron chi connectivity index (χ4n) is 4.77. The van der Waals surface area contributed by atoms with Gasteiger partial charge in [-0.3, -0.25) is 9.59 Å². The van der Waals surface area contributed by atoms with Crippen LogP contribution < -0.4 is 10.6 Å². The molecule has 166 valence electrons. The largest absolute Gasteiger partial charge is 0.402 e. The van der Waals surface area contributed by atoms with Crippen molar-refractivity contribution in [3.63, 3.8) is 0 Å². The lowest BCUT2D eigenvalue weighted by Gasteiger charge is -2.42. The number of carbonyl (C=O) groups excluding carboxylic acids is 2. The molecule has 3 atom stereocenters. The van der Waals surface area contributed by atoms with Crippen molar-refractivity contribution in [3.05, 3.63) is 35.2 Å². The summed E-state index contributed by atoms with van der Waals surface area (Å²) in [5, 5.41) is 8.97. The summed E-state index contributed by atoms with van der Waals surface area (Å²) in [7, 11) is 0. The first-order chi connectivity index (χ1) is 14.5. The highest BCUT2D eigenvalue weighted by Gasteiger charge is 2.46. The lowest BCUT2D eigenvalue weighted by atomic mass is 9.98. The van der Waals surface area contributed by atoms with Gasteiger partial charge in [0.15, 0.2) is 5.78 Å². The number of carbonyl (C=O) groups is 2. The molecule has 1 amide bonds. The summed E-state index contributed by atoms with van der Waals surface area (Å²) in [6.07, 6.45) is 1.28. The van der Waals surface area contributed by atoms with Gasteiger partial charge in [-0.25, -0.2) is 13.8 Å². The van der Waals surface area contributed by atoms with Crippen LogP contribution in [0, 0.1) is 17.2 Å². The topological polar surface area (TPSA) is 103 Å². The Bertz CT molecular complexity index is 934. The van der Waals surface area contributed by atoms with Gasteiger partial charge >= 0.3 is 0 Å². The van der Waals surface area contributed by atoms with Crippen molar-refractivity contribution in [1.29, 1.82) is 5.26 Å². The number of hydrogen-bond donors (Lipinski definition) is 1. The van der Waals surface area contributed by atoms with E-state index in [1.807, 2.05) is 6.07 Å². The van der Waals surface area contributed by atoms with Gasteiger partial charge in [0.1, 0.15) is 11.9 Å². The normalized spacial score (nSPS) is 23.9. The number of nitrogens with two attached hydrogens (primary N) is 1. The van der Waals surface area contributed by atoms with Crippen molar-refractivity contribution < 1.29 is 18.4 Å². The number of piperazine rings is 1. The second-order valence-electron chi connectivity index (χ2n) is 8.48. The van der Waals surface area contributed by atoms with E-state index < -0.39 is 23.7 Å². The maximum absolute atomic E-state index is 14.5. The standard InChI is InChI=1S/C22H27F2N5O2/c1-13-8-17-11-28(12-18(13)29(17)19-5-4-16(9-25)10-27-19)20(31)6-7-22(23,24)21(14(2)26)15(3)30/h4-5,10,13,17-18H,6-8,11-12,26H2,1-3H3/t13-,17?,18?/m0/s1. The van der Waals surface area contributed by atoms with Crippen molar-refractivity contribution in [2.45, 2.75) is 58.0 Å². The second-order valence-corrected chi connectivity index (χ2v) is 8.48. The molecule has 0 spiro atoms. The number of likely N-dealkylation sites (tertiary alicyclic amines) is 1. The first-order valence-corrected chi connectivity index (χ1v) is 10.3. The molecule has 3 rings (SSSR count). The summed E-state index contributed by atoms with van der Waals surface area (Å²) in [5.41, 5.74) is 5.01. The lowest BCUT2D eigenvalue weighted by Crippen LogP contribution is -2.56. The van der Waals surface area contributed by atoms with Crippen LogP contribution in [0.1, 0.15) is 45.6 Å². The number of rotatable bonds is 6. The fraction of sp³-hybridized carbons (Fsp3) is 0.545. The van der Waals surface area contributed by atoms with Gasteiger partial charge in [-0.05, 0) is 38.3 Å². The van der Waals surface area contributed by atoms with Crippen LogP contribution in [0.25, 0.3) is 0 Å². The predicted octanol–water partition coefficient (Wildman–Crippen LogP) is 2.62. The summed E-state index contributed by atoms with van der Waals surface area (Å²) >= 11 is 0. The molecule has 2 fully saturated rings. The molecule has 2 unspecified atom stereocenters. The first-order valence-electron chi connectivity index (χ1n) is 10.3. The molecule has 3 heterocycles. The van der Waals surface area contributed by atoms with Crippen LogP contribution in [0.4, 0.5) is 14.6 Å². The van der Waals surface area contributed by atoms with Gasteiger partial charge in [-0.1, -0.05) is 6.92 Å². The summed E-state index contributed by atoms with van der Waals surface area (Å²) in [6, 6.07) is 5.63. The summed E-state index contributed by atoms with van der Waals surface area (Å²) in [6.45, 7) is 5.28. The predicted molar refractivity (Wildman–Crippen MR) is 111 cm³/mol. The number of pyridine rings is 1. The van der Waals surface area contributed by atoms with Crippen LogP contribution in [-0.2, 0) is 9.59 Å². The van der Waals surface area contributed by atoms with Gasteiger partial charge in [0.25, 0.3) is 5.92 Å². The molecule has 2 aliphatic heterocycles. The molecular formula is C22H27F2N5O2. The summed E-state index contributed by atoms with van der Waals surface area (Å²) in [5.74, 6) is -3.51. The fourth-order valence-corrected chi connectivity index (χ4v) is 4.77. The minimum absolute atomic E-state index is 0.0302. The van der Waals surface area contributed by atoms with Gasteiger partial charge in [0.05, 0.1) is 17.2 Å². The van der Waals surface area contributed by atoms with E-state index in [2.05, 4.69) is 16.8 Å². The Kier molecular flexibility index (Phi) is 6.30. The molecular weight excluding hydrogens is 404 g/mol. The third-order valence-corrected chi connectivity index (χ3v) is 6.15. The Labute approximate surface area is 180 Å². The first kappa shape index (κ1) is 22.7. The van der Waals surface area contributed by atoms with E-state index in [1.54, 1.807) is 17.0 Å². The molecule has 31 heavy (non-hydrogen) atoms. The SMILES string of the molecule is CC(=O)C(=C(C)N)C(F)(F)CCC(=O)N1CC2C[C@H](C)C(C1)N2c1ccc(C#N)cn1. The number of hydrogen-bond acceptors (Lipinski definition) is 6. The molecule has 0 radical (unpaired) electrons. The third-order valence-electron chi connectivity index (χ3n) is 6.15. The number of anilines is 1. The second kappa shape index (κ2) is 8.61. The Morgan fingerprint density at radius 3 is 2.55 bits per heavy atom. The van der Waals surface area contributed by atoms with E-state index in [0.29, 0.717) is 24.6 Å². The van der Waals surface area contributed by atoms with Gasteiger partial charge in [0.2, 0.25) is 5.91 Å². The molecule has 9 heteroatoms. The van der Waals surface area contributed by atoms with Crippen molar-refractivity contribution in [2.24, 2.45) is 11.7 Å². The number of allylic oxidation sites excluding steroid dienone is 2. The summed E-state index contributed by atoms with van der Waals surface area (Å²) < 4.78 is 29.0. The zero-order valence-corrected chi connectivity index (χ0v) is 17.9. The van der Waals surface area contributed by atoms with Gasteiger partial charge in [-0.15, -0.1) is 0 Å². The van der Waals surface area contributed by atoms with Crippen LogP contribution in [0.5, 0.6) is 0 Å². The number of aromatic nitrogens is 1. The number of ketones is 1. The number of nitriles is 1. The number of halogens is 2. The Morgan fingerprint density at radius 2 is 2.03 bits per heavy atom. The number of amides is 1. The van der Waals surface area contributed by atoms with E-state index >= 15 is 0 Å². The Morgan fingerprint density at radius 1 is 1.32 bits per heavy atom. The average Bonchev–Trinajstić information content (AvgIpc) is 2.89. The maximum atomic E-state index is 14.5. The van der Waals surface area contributed by atoms with Gasteiger partial charge in [0, 0.05) is 43.9 Å². The highest BCUT2D eigenvalue weighted by Crippen LogP contribution is 2.38. The van der Waals surface area contributed by atoms with Crippen LogP contribution in [-0.4, -0.2) is 52.7 Å². The molecule has 2 saturated heterocycles. The lowest BCUT2D eigenvalue weighted by molar-refractivity contribution is -0.134. The average molecular weight is 431 g/mol. The molecule has 2 aliphatic rings. The molecule has 2 N–H and O–H groups in total. The van der Waals surface area contributed by atoms with Crippen LogP contribution in [0.2, 0.25) is 0 Å². The van der Waals surface area contributed by atoms with Gasteiger partial charge < -0.3 is 15.5 Å². The minimum Gasteiger partial charge on any atom is -0.402 e. The monoisotopic (exact) mass is 431 g/mol. The molecule has 1 aromatic rings. The quantitative estimate of drug-likeness (QED) is 0.695. The van der Waals surface area contributed by atoms with Gasteiger partial charge in [-0.2, -0.15) is 5.26 Å². The molecule has 2 bridgehead atoms. The zero-order chi connectivity index (χ0) is 22.9. The molecule has 0 aromatic carbocycles. The van der Waals surface area contributed by atoms with Crippen molar-refractivity contribution in [2.75, 3.05) is 18.0 Å². The number of fused-ring (bicyclic) bond motifs is 2. The van der Waals surface area contributed by atoms with E-state index in [0.717, 1.165) is 19.2 Å². The Hall–Kier alpha value is -3.02. The van der Waals surface area contributed by atoms with E-state index in [-0.39, 0.29) is 30.1 Å². The zero-order valence-electron chi connectivity index (χ0n) is 17.9. The third kappa shape index (κ3) is 4.53. The Balaban J connectivity index is 1.68. The van der Waals surface area contributed by atoms with E-state index in [9.17, 15) is 18.4 Å². The molecule has 0 aliphatic carbocycles. The minimum atomic E-state index is -3.44. The van der Waals surface area contributed by atoms with E-state index in [1.165, 1.54) is 13.1 Å². The van der Waals surface area contributed by atoms with Crippen molar-refractivity contribution in [1.82, 2.24) is 9.88 Å². The molecule has 7 nitrogen and oxygen atoms in total.